The Morgan fingerprint density at radius 3 is 1.08 bits per heavy atom. The number of nitriles is 2. The largest absolute Gasteiger partial charge is 0.416 e. The summed E-state index contributed by atoms with van der Waals surface area (Å²) in [6.45, 7) is 0. The molecule has 0 unspecified atom stereocenters. The van der Waals surface area contributed by atoms with E-state index < -0.39 is 11.7 Å². The molecule has 0 amide bonds. The first-order chi connectivity index (χ1) is 43.1. The Morgan fingerprint density at radius 2 is 0.659 bits per heavy atom. The van der Waals surface area contributed by atoms with Crippen LogP contribution in [0.25, 0.3) is 146 Å². The molecule has 0 aliphatic carbocycles. The van der Waals surface area contributed by atoms with Crippen LogP contribution in [0.4, 0.5) is 13.2 Å². The van der Waals surface area contributed by atoms with Gasteiger partial charge in [-0.15, -0.1) is 0 Å². The Labute approximate surface area is 501 Å². The molecule has 4 aromatic heterocycles. The normalized spacial score (nSPS) is 11.6. The molecule has 0 fully saturated rings. The fraction of sp³-hybridized carbons (Fsp3) is 0.0133. The maximum atomic E-state index is 14.3. The fourth-order valence-corrected chi connectivity index (χ4v) is 11.8. The highest BCUT2D eigenvalue weighted by Crippen LogP contribution is 2.45. The second kappa shape index (κ2) is 21.5. The summed E-state index contributed by atoms with van der Waals surface area (Å²) in [5, 5.41) is 24.9. The highest BCUT2D eigenvalue weighted by atomic mass is 19.4. The average molecular weight is 1140 g/mol. The minimum Gasteiger partial charge on any atom is -0.309 e. The Morgan fingerprint density at radius 1 is 0.295 bits per heavy atom. The Hall–Kier alpha value is -12.2. The molecule has 4 heterocycles. The predicted molar refractivity (Wildman–Crippen MR) is 340 cm³/mol. The van der Waals surface area contributed by atoms with Crippen molar-refractivity contribution in [1.29, 1.82) is 10.5 Å². The number of nitrogens with zero attached hydrogens (tertiary/aromatic N) is 10. The first-order valence-electron chi connectivity index (χ1n) is 28.3. The summed E-state index contributed by atoms with van der Waals surface area (Å²) in [4.78, 5) is 30.1. The molecular formula is C75H43F3N10. The zero-order valence-corrected chi connectivity index (χ0v) is 46.4. The van der Waals surface area contributed by atoms with Crippen molar-refractivity contribution in [2.45, 2.75) is 6.18 Å². The van der Waals surface area contributed by atoms with Crippen LogP contribution in [0, 0.1) is 22.7 Å². The molecule has 0 aliphatic rings. The molecule has 10 nitrogen and oxygen atoms in total. The number of alkyl halides is 3. The minimum absolute atomic E-state index is 0.129. The van der Waals surface area contributed by atoms with E-state index in [1.165, 1.54) is 6.07 Å². The highest BCUT2D eigenvalue weighted by Gasteiger charge is 2.32. The van der Waals surface area contributed by atoms with Gasteiger partial charge in [-0.2, -0.15) is 23.7 Å². The van der Waals surface area contributed by atoms with Crippen LogP contribution in [0.1, 0.15) is 16.7 Å². The molecule has 0 saturated carbocycles. The number of fused-ring (bicyclic) bond motifs is 6. The molecule has 11 aromatic carbocycles. The summed E-state index contributed by atoms with van der Waals surface area (Å²) in [6.07, 6.45) is -4.67. The molecule has 15 rings (SSSR count). The topological polar surface area (TPSA) is 135 Å². The summed E-state index contributed by atoms with van der Waals surface area (Å²) in [5.41, 5.74) is 11.3. The van der Waals surface area contributed by atoms with Crippen molar-refractivity contribution in [1.82, 2.24) is 39.0 Å². The third kappa shape index (κ3) is 9.33. The van der Waals surface area contributed by atoms with E-state index in [1.807, 2.05) is 200 Å². The number of rotatable bonds is 10. The molecule has 0 N–H and O–H groups in total. The van der Waals surface area contributed by atoms with Crippen molar-refractivity contribution < 1.29 is 13.2 Å². The predicted octanol–water partition coefficient (Wildman–Crippen LogP) is 18.3. The van der Waals surface area contributed by atoms with Gasteiger partial charge in [-0.05, 0) is 90.0 Å². The van der Waals surface area contributed by atoms with Gasteiger partial charge in [-0.3, -0.25) is 0 Å². The smallest absolute Gasteiger partial charge is 0.309 e. The van der Waals surface area contributed by atoms with Crippen molar-refractivity contribution in [2.24, 2.45) is 0 Å². The van der Waals surface area contributed by atoms with Crippen LogP contribution >= 0.6 is 0 Å². The van der Waals surface area contributed by atoms with E-state index in [0.717, 1.165) is 100 Å². The maximum absolute atomic E-state index is 14.3. The van der Waals surface area contributed by atoms with Crippen LogP contribution in [-0.2, 0) is 6.18 Å². The van der Waals surface area contributed by atoms with Gasteiger partial charge < -0.3 is 9.13 Å². The van der Waals surface area contributed by atoms with E-state index in [-0.39, 0.29) is 5.56 Å². The minimum atomic E-state index is -4.67. The first kappa shape index (κ1) is 52.6. The maximum Gasteiger partial charge on any atom is 0.416 e. The van der Waals surface area contributed by atoms with Gasteiger partial charge in [0.2, 0.25) is 0 Å². The number of para-hydroxylation sites is 2. The summed E-state index contributed by atoms with van der Waals surface area (Å²) >= 11 is 0. The van der Waals surface area contributed by atoms with Crippen molar-refractivity contribution >= 4 is 43.6 Å². The standard InChI is InChI=1S/C75H43F3N10/c76-75(77,78)55-33-36-56(54(40-55)45-80)51-30-35-60(68(43-51)88-64-28-16-14-26-58(64)62-42-53(32-38-66(62)88)74-85-71(49-21-9-3-10-22-49)82-72(86-74)50-23-11-4-12-24-50)59-34-29-46(44-79)39-67(59)87-63-27-15-13-25-57(63)61-41-52(31-37-65(61)87)73-83-69(47-17-5-1-6-18-47)81-70(84-73)48-19-7-2-8-20-48/h1-43H. The van der Waals surface area contributed by atoms with Gasteiger partial charge in [0.15, 0.2) is 34.9 Å². The highest BCUT2D eigenvalue weighted by molar-refractivity contribution is 6.13. The van der Waals surface area contributed by atoms with Crippen molar-refractivity contribution in [3.05, 3.63) is 278 Å². The summed E-state index contributed by atoms with van der Waals surface area (Å²) in [5.74, 6) is 3.09. The lowest BCUT2D eigenvalue weighted by Crippen LogP contribution is -2.05. The molecule has 414 valence electrons. The molecule has 0 atom stereocenters. The molecule has 0 spiro atoms. The first-order valence-corrected chi connectivity index (χ1v) is 28.3. The lowest BCUT2D eigenvalue weighted by molar-refractivity contribution is -0.137. The number of hydrogen-bond acceptors (Lipinski definition) is 8. The fourth-order valence-electron chi connectivity index (χ4n) is 11.8. The Bertz CT molecular complexity index is 5220. The van der Waals surface area contributed by atoms with E-state index in [1.54, 1.807) is 6.07 Å². The monoisotopic (exact) mass is 1140 g/mol. The summed E-state index contributed by atoms with van der Waals surface area (Å²) in [7, 11) is 0. The van der Waals surface area contributed by atoms with Crippen molar-refractivity contribution in [3.8, 4) is 114 Å². The second-order valence-corrected chi connectivity index (χ2v) is 21.2. The van der Waals surface area contributed by atoms with Crippen LogP contribution in [0.2, 0.25) is 0 Å². The van der Waals surface area contributed by atoms with Crippen LogP contribution in [-0.4, -0.2) is 39.0 Å². The zero-order valence-electron chi connectivity index (χ0n) is 46.4. The van der Waals surface area contributed by atoms with Crippen molar-refractivity contribution in [3.63, 3.8) is 0 Å². The van der Waals surface area contributed by atoms with Crippen LogP contribution in [0.3, 0.4) is 0 Å². The van der Waals surface area contributed by atoms with E-state index >= 15 is 0 Å². The van der Waals surface area contributed by atoms with E-state index in [9.17, 15) is 23.7 Å². The molecule has 0 bridgehead atoms. The van der Waals surface area contributed by atoms with Gasteiger partial charge in [-0.25, -0.2) is 29.9 Å². The average Bonchev–Trinajstić information content (AvgIpc) is 2.32. The van der Waals surface area contributed by atoms with E-state index in [0.29, 0.717) is 63.0 Å². The van der Waals surface area contributed by atoms with Crippen molar-refractivity contribution in [2.75, 3.05) is 0 Å². The van der Waals surface area contributed by atoms with Crippen LogP contribution < -0.4 is 0 Å². The van der Waals surface area contributed by atoms with Gasteiger partial charge in [0.1, 0.15) is 0 Å². The van der Waals surface area contributed by atoms with E-state index in [2.05, 4.69) is 57.7 Å². The molecule has 0 saturated heterocycles. The zero-order chi connectivity index (χ0) is 59.5. The third-order valence-corrected chi connectivity index (χ3v) is 15.9. The van der Waals surface area contributed by atoms with Gasteiger partial charge in [0.05, 0.1) is 62.3 Å². The number of hydrogen-bond donors (Lipinski definition) is 0. The summed E-state index contributed by atoms with van der Waals surface area (Å²) in [6, 6.07) is 86.8. The lowest BCUT2D eigenvalue weighted by Gasteiger charge is -2.20. The quantitative estimate of drug-likeness (QED) is 0.132. The Kier molecular flexibility index (Phi) is 12.8. The van der Waals surface area contributed by atoms with Crippen LogP contribution in [0.15, 0.2) is 261 Å². The summed E-state index contributed by atoms with van der Waals surface area (Å²) < 4.78 is 47.1. The van der Waals surface area contributed by atoms with Gasteiger partial charge in [-0.1, -0.05) is 182 Å². The van der Waals surface area contributed by atoms with Crippen LogP contribution in [0.5, 0.6) is 0 Å². The molecular weight excluding hydrogens is 1100 g/mol. The molecule has 88 heavy (non-hydrogen) atoms. The number of aromatic nitrogens is 8. The van der Waals surface area contributed by atoms with E-state index in [4.69, 9.17) is 29.9 Å². The molecule has 0 radical (unpaired) electrons. The Balaban J connectivity index is 0.955. The third-order valence-electron chi connectivity index (χ3n) is 15.9. The SMILES string of the molecule is N#Cc1ccc(-c2ccc(-c3ccc(C(F)(F)F)cc3C#N)cc2-n2c3ccccc3c3cc(-c4nc(-c5ccccc5)nc(-c5ccccc5)n4)ccc32)c(-n2c3ccccc3c3cc(-c4nc(-c5ccccc5)nc(-c5ccccc5)n4)ccc32)c1. The lowest BCUT2D eigenvalue weighted by atomic mass is 9.93. The van der Waals surface area contributed by atoms with Gasteiger partial charge in [0.25, 0.3) is 0 Å². The molecule has 13 heteroatoms. The van der Waals surface area contributed by atoms with Gasteiger partial charge >= 0.3 is 6.18 Å². The van der Waals surface area contributed by atoms with Gasteiger partial charge in [0, 0.05) is 66.1 Å². The molecule has 15 aromatic rings. The molecule has 0 aliphatic heterocycles. The number of benzene rings is 11. The number of halogens is 3. The second-order valence-electron chi connectivity index (χ2n) is 21.2.